The molecule has 6 nitrogen and oxygen atoms in total. The van der Waals surface area contributed by atoms with E-state index < -0.39 is 52.7 Å². The van der Waals surface area contributed by atoms with E-state index in [9.17, 15) is 18.8 Å². The molecule has 2 bridgehead atoms. The van der Waals surface area contributed by atoms with Crippen molar-refractivity contribution in [3.8, 4) is 0 Å². The maximum absolute atomic E-state index is 14.7. The fraction of sp³-hybridized carbons (Fsp3) is 0.870. The zero-order chi connectivity index (χ0) is 21.9. The van der Waals surface area contributed by atoms with E-state index in [-0.39, 0.29) is 18.3 Å². The molecular formula is C23H33FO6. The summed E-state index contributed by atoms with van der Waals surface area (Å²) in [6, 6.07) is 0. The summed E-state index contributed by atoms with van der Waals surface area (Å²) in [5.74, 6) is -3.60. The van der Waals surface area contributed by atoms with Gasteiger partial charge in [-0.2, -0.15) is 0 Å². The second kappa shape index (κ2) is 7.20. The second-order valence-electron chi connectivity index (χ2n) is 9.83. The molecule has 30 heavy (non-hydrogen) atoms. The first kappa shape index (κ1) is 21.6. The van der Waals surface area contributed by atoms with Crippen LogP contribution in [0.4, 0.5) is 4.39 Å². The molecule has 0 aromatic heterocycles. The van der Waals surface area contributed by atoms with E-state index in [0.717, 1.165) is 32.1 Å². The minimum Gasteiger partial charge on any atom is -0.459 e. The first-order chi connectivity index (χ1) is 14.1. The van der Waals surface area contributed by atoms with Crippen LogP contribution in [0.15, 0.2) is 0 Å². The minimum absolute atomic E-state index is 0.0166. The molecule has 3 saturated carbocycles. The van der Waals surface area contributed by atoms with E-state index in [0.29, 0.717) is 12.8 Å². The van der Waals surface area contributed by atoms with Gasteiger partial charge in [0.2, 0.25) is 5.67 Å². The van der Waals surface area contributed by atoms with Crippen LogP contribution in [0.25, 0.3) is 0 Å². The van der Waals surface area contributed by atoms with Crippen LogP contribution in [0.5, 0.6) is 0 Å². The molecule has 7 unspecified atom stereocenters. The van der Waals surface area contributed by atoms with Crippen molar-refractivity contribution in [3.05, 3.63) is 0 Å². The number of hydrogen-bond acceptors (Lipinski definition) is 6. The molecule has 0 N–H and O–H groups in total. The Morgan fingerprint density at radius 3 is 2.40 bits per heavy atom. The monoisotopic (exact) mass is 424 g/mol. The van der Waals surface area contributed by atoms with Crippen LogP contribution in [-0.2, 0) is 28.6 Å². The minimum atomic E-state index is -2.13. The summed E-state index contributed by atoms with van der Waals surface area (Å²) in [5, 5.41) is 0. The van der Waals surface area contributed by atoms with E-state index in [2.05, 4.69) is 0 Å². The second-order valence-corrected chi connectivity index (χ2v) is 9.83. The average Bonchev–Trinajstić information content (AvgIpc) is 3.45. The van der Waals surface area contributed by atoms with E-state index in [4.69, 9.17) is 14.2 Å². The van der Waals surface area contributed by atoms with Gasteiger partial charge in [0.1, 0.15) is 11.7 Å². The molecule has 7 atom stereocenters. The van der Waals surface area contributed by atoms with E-state index in [1.807, 2.05) is 13.8 Å². The lowest BCUT2D eigenvalue weighted by atomic mass is 9.70. The van der Waals surface area contributed by atoms with Crippen molar-refractivity contribution in [1.82, 2.24) is 0 Å². The number of hydrogen-bond donors (Lipinski definition) is 0. The Morgan fingerprint density at radius 2 is 1.83 bits per heavy atom. The predicted octanol–water partition coefficient (Wildman–Crippen LogP) is 3.89. The first-order valence-corrected chi connectivity index (χ1v) is 11.5. The third kappa shape index (κ3) is 2.90. The van der Waals surface area contributed by atoms with Crippen LogP contribution >= 0.6 is 0 Å². The topological polar surface area (TPSA) is 78.9 Å². The lowest BCUT2D eigenvalue weighted by molar-refractivity contribution is -0.202. The van der Waals surface area contributed by atoms with Crippen molar-refractivity contribution >= 4 is 17.9 Å². The van der Waals surface area contributed by atoms with Gasteiger partial charge in [0.05, 0.1) is 11.8 Å². The quantitative estimate of drug-likeness (QED) is 0.456. The Morgan fingerprint density at radius 1 is 1.17 bits per heavy atom. The maximum Gasteiger partial charge on any atom is 0.344 e. The standard InChI is InChI=1S/C23H33FO6/c1-5-21(4,24)20(27)30-23(7-3)14-12-13-15(18(25)28-17(13)23)16(14)19(26)29-22(6-2)10-8-9-11-22/h13-17H,5-12H2,1-4H3. The molecule has 4 rings (SSSR count). The van der Waals surface area contributed by atoms with Gasteiger partial charge in [-0.15, -0.1) is 0 Å². The van der Waals surface area contributed by atoms with Gasteiger partial charge < -0.3 is 14.2 Å². The predicted molar refractivity (Wildman–Crippen MR) is 105 cm³/mol. The average molecular weight is 425 g/mol. The van der Waals surface area contributed by atoms with Gasteiger partial charge in [-0.1, -0.05) is 20.8 Å². The lowest BCUT2D eigenvalue weighted by Gasteiger charge is -2.43. The molecule has 1 aliphatic heterocycles. The number of ether oxygens (including phenoxy) is 3. The van der Waals surface area contributed by atoms with Crippen molar-refractivity contribution in [2.24, 2.45) is 23.7 Å². The molecule has 7 heteroatoms. The van der Waals surface area contributed by atoms with E-state index >= 15 is 0 Å². The molecule has 0 radical (unpaired) electrons. The number of carbonyl (C=O) groups excluding carboxylic acids is 3. The number of esters is 3. The molecule has 4 aliphatic rings. The zero-order valence-corrected chi connectivity index (χ0v) is 18.4. The van der Waals surface area contributed by atoms with Gasteiger partial charge in [-0.05, 0) is 58.3 Å². The first-order valence-electron chi connectivity index (χ1n) is 11.5. The normalized spacial score (nSPS) is 40.2. The summed E-state index contributed by atoms with van der Waals surface area (Å²) in [6.45, 7) is 6.64. The van der Waals surface area contributed by atoms with Gasteiger partial charge in [0, 0.05) is 11.8 Å². The summed E-state index contributed by atoms with van der Waals surface area (Å²) in [4.78, 5) is 38.7. The van der Waals surface area contributed by atoms with Crippen LogP contribution in [0, 0.1) is 23.7 Å². The van der Waals surface area contributed by atoms with E-state index in [1.165, 1.54) is 6.92 Å². The number of halogens is 1. The van der Waals surface area contributed by atoms with Crippen molar-refractivity contribution in [2.45, 2.75) is 102 Å². The SMILES string of the molecule is CCC1(OC(=O)C2C3C(=O)OC4C3CC2C4(CC)OC(=O)C(C)(F)CC)CCCC1. The van der Waals surface area contributed by atoms with E-state index in [1.54, 1.807) is 6.92 Å². The largest absolute Gasteiger partial charge is 0.459 e. The third-order valence-corrected chi connectivity index (χ3v) is 8.49. The molecule has 0 amide bonds. The molecule has 0 aromatic carbocycles. The summed E-state index contributed by atoms with van der Waals surface area (Å²) in [7, 11) is 0. The van der Waals surface area contributed by atoms with Crippen molar-refractivity contribution in [2.75, 3.05) is 0 Å². The summed E-state index contributed by atoms with van der Waals surface area (Å²) in [5.41, 5.74) is -3.77. The zero-order valence-electron chi connectivity index (χ0n) is 18.4. The van der Waals surface area contributed by atoms with Gasteiger partial charge in [0.15, 0.2) is 5.60 Å². The van der Waals surface area contributed by atoms with Gasteiger partial charge in [-0.25, -0.2) is 9.18 Å². The van der Waals surface area contributed by atoms with Gasteiger partial charge in [-0.3, -0.25) is 9.59 Å². The maximum atomic E-state index is 14.7. The molecule has 3 aliphatic carbocycles. The van der Waals surface area contributed by atoms with Gasteiger partial charge >= 0.3 is 17.9 Å². The summed E-state index contributed by atoms with van der Waals surface area (Å²) < 4.78 is 32.2. The fourth-order valence-electron chi connectivity index (χ4n) is 6.44. The summed E-state index contributed by atoms with van der Waals surface area (Å²) in [6.07, 6.45) is 4.72. The number of alkyl halides is 1. The molecule has 4 fully saturated rings. The Labute approximate surface area is 177 Å². The Balaban J connectivity index is 1.64. The third-order valence-electron chi connectivity index (χ3n) is 8.49. The number of fused-ring (bicyclic) bond motifs is 1. The Bertz CT molecular complexity index is 742. The number of rotatable bonds is 7. The highest BCUT2D eigenvalue weighted by atomic mass is 19.1. The Kier molecular flexibility index (Phi) is 5.17. The van der Waals surface area contributed by atoms with Crippen molar-refractivity contribution < 1.29 is 33.0 Å². The number of carbonyl (C=O) groups is 3. The molecule has 1 heterocycles. The smallest absolute Gasteiger partial charge is 0.344 e. The van der Waals surface area contributed by atoms with Crippen LogP contribution < -0.4 is 0 Å². The highest BCUT2D eigenvalue weighted by Gasteiger charge is 2.76. The van der Waals surface area contributed by atoms with Crippen LogP contribution in [0.1, 0.15) is 79.1 Å². The van der Waals surface area contributed by atoms with Crippen LogP contribution in [0.2, 0.25) is 0 Å². The molecule has 1 saturated heterocycles. The molecule has 0 spiro atoms. The van der Waals surface area contributed by atoms with Crippen LogP contribution in [-0.4, -0.2) is 40.9 Å². The van der Waals surface area contributed by atoms with Crippen molar-refractivity contribution in [3.63, 3.8) is 0 Å². The highest BCUT2D eigenvalue weighted by molar-refractivity contribution is 5.87. The van der Waals surface area contributed by atoms with Crippen LogP contribution in [0.3, 0.4) is 0 Å². The van der Waals surface area contributed by atoms with Crippen molar-refractivity contribution in [1.29, 1.82) is 0 Å². The Hall–Kier alpha value is -1.66. The molecule has 0 aromatic rings. The lowest BCUT2D eigenvalue weighted by Crippen LogP contribution is -2.56. The van der Waals surface area contributed by atoms with Gasteiger partial charge in [0.25, 0.3) is 0 Å². The molecule has 168 valence electrons. The summed E-state index contributed by atoms with van der Waals surface area (Å²) >= 11 is 0. The fourth-order valence-corrected chi connectivity index (χ4v) is 6.44. The highest BCUT2D eigenvalue weighted by Crippen LogP contribution is 2.65. The molecular weight excluding hydrogens is 391 g/mol.